The van der Waals surface area contributed by atoms with E-state index >= 15 is 0 Å². The molecule has 0 radical (unpaired) electrons. The lowest BCUT2D eigenvalue weighted by Gasteiger charge is -2.10. The van der Waals surface area contributed by atoms with Crippen LogP contribution in [0.4, 0.5) is 0 Å². The van der Waals surface area contributed by atoms with Crippen molar-refractivity contribution < 1.29 is 4.74 Å². The number of benzene rings is 2. The van der Waals surface area contributed by atoms with Gasteiger partial charge in [0.1, 0.15) is 17.6 Å². The summed E-state index contributed by atoms with van der Waals surface area (Å²) >= 11 is 7.75. The fraction of sp³-hybridized carbons (Fsp3) is 0.238. The van der Waals surface area contributed by atoms with Crippen molar-refractivity contribution in [2.24, 2.45) is 5.10 Å². The molecule has 0 unspecified atom stereocenters. The van der Waals surface area contributed by atoms with E-state index in [0.717, 1.165) is 30.0 Å². The molecule has 3 aromatic rings. The van der Waals surface area contributed by atoms with Gasteiger partial charge < -0.3 is 4.74 Å². The van der Waals surface area contributed by atoms with Gasteiger partial charge in [0.05, 0.1) is 24.3 Å². The van der Waals surface area contributed by atoms with Crippen LogP contribution in [0.2, 0.25) is 0 Å². The lowest BCUT2D eigenvalue weighted by Crippen LogP contribution is -2.22. The van der Waals surface area contributed by atoms with Gasteiger partial charge >= 0.3 is 0 Å². The van der Waals surface area contributed by atoms with Gasteiger partial charge in [-0.15, -0.1) is 0 Å². The van der Waals surface area contributed by atoms with Gasteiger partial charge in [0, 0.05) is 10.9 Å². The van der Waals surface area contributed by atoms with E-state index in [9.17, 15) is 4.79 Å². The van der Waals surface area contributed by atoms with E-state index < -0.39 is 0 Å². The second kappa shape index (κ2) is 10.7. The van der Waals surface area contributed by atoms with E-state index in [0.29, 0.717) is 28.9 Å². The minimum atomic E-state index is -0.193. The van der Waals surface area contributed by atoms with Crippen molar-refractivity contribution in [1.82, 2.24) is 9.66 Å². The van der Waals surface area contributed by atoms with Crippen molar-refractivity contribution in [3.63, 3.8) is 0 Å². The lowest BCUT2D eigenvalue weighted by atomic mass is 10.2. The summed E-state index contributed by atoms with van der Waals surface area (Å²) in [5.74, 6) is 1.32. The minimum absolute atomic E-state index is 0.00601. The Labute approximate surface area is 209 Å². The van der Waals surface area contributed by atoms with Gasteiger partial charge in [0.15, 0.2) is 6.61 Å². The Hall–Kier alpha value is -1.52. The molecule has 1 aromatic heterocycles. The van der Waals surface area contributed by atoms with Crippen molar-refractivity contribution >= 4 is 78.2 Å². The van der Waals surface area contributed by atoms with Crippen molar-refractivity contribution in [2.75, 3.05) is 6.61 Å². The molecular formula is C21H17BrI2N4O2. The number of hydrogen-bond donors (Lipinski definition) is 0. The molecule has 0 aliphatic rings. The standard InChI is InChI=1S/C21H17BrI2N4O2/c1-2-3-4-19-27-18-6-5-14(22)11-15(18)21(29)28(19)26-12-13-9-16(23)20(17(24)10-13)30-8-7-25/h5-6,9-12H,2-4,8H2,1H3. The molecule has 1 heterocycles. The largest absolute Gasteiger partial charge is 0.477 e. The van der Waals surface area contributed by atoms with Crippen LogP contribution in [0.3, 0.4) is 0 Å². The average molecular weight is 691 g/mol. The Kier molecular flexibility index (Phi) is 8.24. The molecule has 0 spiro atoms. The Balaban J connectivity index is 2.05. The lowest BCUT2D eigenvalue weighted by molar-refractivity contribution is 0.363. The summed E-state index contributed by atoms with van der Waals surface area (Å²) in [7, 11) is 0. The summed E-state index contributed by atoms with van der Waals surface area (Å²) in [5.41, 5.74) is 1.31. The molecule has 0 bridgehead atoms. The van der Waals surface area contributed by atoms with E-state index in [1.54, 1.807) is 12.3 Å². The van der Waals surface area contributed by atoms with Crippen LogP contribution >= 0.6 is 61.1 Å². The third-order valence-electron chi connectivity index (χ3n) is 4.25. The first kappa shape index (κ1) is 23.1. The summed E-state index contributed by atoms with van der Waals surface area (Å²) in [6, 6.07) is 11.3. The number of fused-ring (bicyclic) bond motifs is 1. The maximum Gasteiger partial charge on any atom is 0.282 e. The molecule has 0 aliphatic carbocycles. The van der Waals surface area contributed by atoms with Crippen LogP contribution in [0.15, 0.2) is 44.7 Å². The van der Waals surface area contributed by atoms with Crippen molar-refractivity contribution in [3.8, 4) is 11.8 Å². The molecule has 2 aromatic carbocycles. The molecule has 0 atom stereocenters. The van der Waals surface area contributed by atoms with Crippen LogP contribution in [0, 0.1) is 18.5 Å². The van der Waals surface area contributed by atoms with Gasteiger partial charge in [-0.2, -0.15) is 15.0 Å². The normalized spacial score (nSPS) is 11.2. The Bertz CT molecular complexity index is 1200. The first-order valence-corrected chi connectivity index (χ1v) is 12.1. The van der Waals surface area contributed by atoms with Crippen LogP contribution in [0.1, 0.15) is 31.2 Å². The Morgan fingerprint density at radius 3 is 2.70 bits per heavy atom. The van der Waals surface area contributed by atoms with Crippen LogP contribution in [0.25, 0.3) is 10.9 Å². The summed E-state index contributed by atoms with van der Waals surface area (Å²) in [6.45, 7) is 2.09. The second-order valence-electron chi connectivity index (χ2n) is 6.42. The number of halogens is 3. The molecule has 0 saturated heterocycles. The molecule has 0 aliphatic heterocycles. The zero-order valence-corrected chi connectivity index (χ0v) is 21.9. The highest BCUT2D eigenvalue weighted by Crippen LogP contribution is 2.28. The highest BCUT2D eigenvalue weighted by atomic mass is 127. The molecule has 0 N–H and O–H groups in total. The van der Waals surface area contributed by atoms with E-state index in [1.165, 1.54) is 4.68 Å². The number of hydrogen-bond acceptors (Lipinski definition) is 5. The molecule has 0 fully saturated rings. The zero-order chi connectivity index (χ0) is 21.7. The van der Waals surface area contributed by atoms with Crippen molar-refractivity contribution in [1.29, 1.82) is 5.26 Å². The fourth-order valence-corrected chi connectivity index (χ4v) is 5.32. The molecule has 154 valence electrons. The first-order chi connectivity index (χ1) is 14.4. The summed E-state index contributed by atoms with van der Waals surface area (Å²) in [4.78, 5) is 17.8. The highest BCUT2D eigenvalue weighted by Gasteiger charge is 2.12. The van der Waals surface area contributed by atoms with Crippen LogP contribution in [0.5, 0.6) is 5.75 Å². The van der Waals surface area contributed by atoms with E-state index in [-0.39, 0.29) is 12.2 Å². The first-order valence-electron chi connectivity index (χ1n) is 9.19. The molecule has 30 heavy (non-hydrogen) atoms. The van der Waals surface area contributed by atoms with Crippen LogP contribution in [-0.2, 0) is 6.42 Å². The zero-order valence-electron chi connectivity index (χ0n) is 16.0. The monoisotopic (exact) mass is 690 g/mol. The molecule has 0 amide bonds. The molecule has 6 nitrogen and oxygen atoms in total. The average Bonchev–Trinajstić information content (AvgIpc) is 2.71. The topological polar surface area (TPSA) is 80.3 Å². The number of ether oxygens (including phenoxy) is 1. The smallest absolute Gasteiger partial charge is 0.282 e. The summed E-state index contributed by atoms with van der Waals surface area (Å²) in [6.07, 6.45) is 4.25. The van der Waals surface area contributed by atoms with Gasteiger partial charge in [0.2, 0.25) is 0 Å². The molecule has 0 saturated carbocycles. The fourth-order valence-electron chi connectivity index (χ4n) is 2.83. The predicted molar refractivity (Wildman–Crippen MR) is 138 cm³/mol. The number of aryl methyl sites for hydroxylation is 1. The van der Waals surface area contributed by atoms with Crippen LogP contribution < -0.4 is 10.3 Å². The van der Waals surface area contributed by atoms with E-state index in [4.69, 9.17) is 10.00 Å². The van der Waals surface area contributed by atoms with Gasteiger partial charge in [-0.3, -0.25) is 4.79 Å². The van der Waals surface area contributed by atoms with Gasteiger partial charge in [-0.25, -0.2) is 4.98 Å². The van der Waals surface area contributed by atoms with Gasteiger partial charge in [0.25, 0.3) is 5.56 Å². The second-order valence-corrected chi connectivity index (χ2v) is 9.66. The van der Waals surface area contributed by atoms with E-state index in [1.807, 2.05) is 30.3 Å². The van der Waals surface area contributed by atoms with Crippen molar-refractivity contribution in [3.05, 3.63) is 63.7 Å². The SMILES string of the molecule is CCCCc1nc2ccc(Br)cc2c(=O)n1N=Cc1cc(I)c(OCC#N)c(I)c1. The quantitative estimate of drug-likeness (QED) is 0.243. The molecular weight excluding hydrogens is 674 g/mol. The van der Waals surface area contributed by atoms with Crippen LogP contribution in [-0.4, -0.2) is 22.5 Å². The maximum absolute atomic E-state index is 13.1. The Morgan fingerprint density at radius 1 is 1.30 bits per heavy atom. The predicted octanol–water partition coefficient (Wildman–Crippen LogP) is 5.50. The third kappa shape index (κ3) is 5.39. The molecule has 3 rings (SSSR count). The number of aromatic nitrogens is 2. The number of nitriles is 1. The number of nitrogens with zero attached hydrogens (tertiary/aromatic N) is 4. The minimum Gasteiger partial charge on any atom is -0.477 e. The van der Waals surface area contributed by atoms with Gasteiger partial charge in [-0.1, -0.05) is 29.3 Å². The highest BCUT2D eigenvalue weighted by molar-refractivity contribution is 14.1. The summed E-state index contributed by atoms with van der Waals surface area (Å²) in [5, 5.41) is 13.7. The van der Waals surface area contributed by atoms with E-state index in [2.05, 4.69) is 78.1 Å². The number of rotatable bonds is 7. The number of unbranched alkanes of at least 4 members (excludes halogenated alkanes) is 1. The third-order valence-corrected chi connectivity index (χ3v) is 6.35. The summed E-state index contributed by atoms with van der Waals surface area (Å²) < 4.78 is 9.44. The molecule has 9 heteroatoms. The van der Waals surface area contributed by atoms with Crippen molar-refractivity contribution in [2.45, 2.75) is 26.2 Å². The maximum atomic E-state index is 13.1. The Morgan fingerprint density at radius 2 is 2.03 bits per heavy atom. The van der Waals surface area contributed by atoms with Gasteiger partial charge in [-0.05, 0) is 87.5 Å².